The fourth-order valence-electron chi connectivity index (χ4n) is 0.896. The first-order chi connectivity index (χ1) is 8.40. The molecule has 0 aromatic carbocycles. The van der Waals surface area contributed by atoms with Crippen molar-refractivity contribution in [1.82, 2.24) is 4.98 Å². The number of thiazole rings is 1. The minimum atomic E-state index is -1.39. The monoisotopic (exact) mass is 271 g/mol. The van der Waals surface area contributed by atoms with Gasteiger partial charge in [-0.05, 0) is 0 Å². The van der Waals surface area contributed by atoms with Gasteiger partial charge >= 0.3 is 11.9 Å². The van der Waals surface area contributed by atoms with Crippen molar-refractivity contribution in [3.63, 3.8) is 0 Å². The Morgan fingerprint density at radius 2 is 2.11 bits per heavy atom. The first kappa shape index (κ1) is 13.8. The molecule has 1 amide bonds. The van der Waals surface area contributed by atoms with E-state index in [9.17, 15) is 14.4 Å². The van der Waals surface area contributed by atoms with Crippen LogP contribution >= 0.6 is 11.3 Å². The Bertz CT molecular complexity index is 522. The zero-order chi connectivity index (χ0) is 13.7. The number of aliphatic carboxylic acids is 1. The molecular weight excluding hydrogens is 262 g/mol. The van der Waals surface area contributed by atoms with Crippen molar-refractivity contribution >= 4 is 40.0 Å². The van der Waals surface area contributed by atoms with Gasteiger partial charge in [0.15, 0.2) is 5.13 Å². The molecule has 0 aliphatic carbocycles. The van der Waals surface area contributed by atoms with Gasteiger partial charge in [0.1, 0.15) is 5.69 Å². The number of aromatic nitrogens is 1. The van der Waals surface area contributed by atoms with E-state index < -0.39 is 17.7 Å². The SMILES string of the molecule is CC(=O)Nc1nc(C(=NOC(C)=O)C(=O)O)cs1. The lowest BCUT2D eigenvalue weighted by Crippen LogP contribution is -2.16. The Kier molecular flexibility index (Phi) is 4.49. The molecular formula is C9H9N3O5S. The minimum absolute atomic E-state index is 0.00231. The maximum absolute atomic E-state index is 10.9. The van der Waals surface area contributed by atoms with Crippen LogP contribution in [-0.2, 0) is 19.2 Å². The van der Waals surface area contributed by atoms with Gasteiger partial charge in [0, 0.05) is 19.2 Å². The van der Waals surface area contributed by atoms with Crippen molar-refractivity contribution in [3.05, 3.63) is 11.1 Å². The van der Waals surface area contributed by atoms with Gasteiger partial charge in [0.2, 0.25) is 11.6 Å². The zero-order valence-corrected chi connectivity index (χ0v) is 10.3. The number of carbonyl (C=O) groups excluding carboxylic acids is 2. The smallest absolute Gasteiger partial charge is 0.360 e. The van der Waals surface area contributed by atoms with Gasteiger partial charge in [-0.1, -0.05) is 5.16 Å². The number of carbonyl (C=O) groups is 3. The molecule has 96 valence electrons. The summed E-state index contributed by atoms with van der Waals surface area (Å²) in [6, 6.07) is 0. The van der Waals surface area contributed by atoms with Crippen LogP contribution in [0, 0.1) is 0 Å². The molecule has 0 bridgehead atoms. The van der Waals surface area contributed by atoms with Crippen LogP contribution in [0.4, 0.5) is 5.13 Å². The zero-order valence-electron chi connectivity index (χ0n) is 9.46. The molecule has 1 aromatic rings. The Morgan fingerprint density at radius 3 is 2.61 bits per heavy atom. The normalized spacial score (nSPS) is 10.9. The van der Waals surface area contributed by atoms with E-state index in [0.717, 1.165) is 18.3 Å². The number of hydrogen-bond donors (Lipinski definition) is 2. The molecule has 0 spiro atoms. The van der Waals surface area contributed by atoms with Crippen molar-refractivity contribution in [2.45, 2.75) is 13.8 Å². The third kappa shape index (κ3) is 3.94. The number of carboxylic acids is 1. The fourth-order valence-corrected chi connectivity index (χ4v) is 1.64. The number of amides is 1. The van der Waals surface area contributed by atoms with Crippen LogP contribution in [0.25, 0.3) is 0 Å². The topological polar surface area (TPSA) is 118 Å². The van der Waals surface area contributed by atoms with E-state index in [0.29, 0.717) is 0 Å². The molecule has 1 rings (SSSR count). The van der Waals surface area contributed by atoms with Gasteiger partial charge < -0.3 is 15.3 Å². The number of carboxylic acid groups (broad SMARTS) is 1. The number of anilines is 1. The standard InChI is InChI=1S/C9H9N3O5S/c1-4(13)10-9-11-6(3-18-9)7(8(15)16)12-17-5(2)14/h3H,1-2H3,(H,15,16)(H,10,11,13). The first-order valence-electron chi connectivity index (χ1n) is 4.62. The highest BCUT2D eigenvalue weighted by molar-refractivity contribution is 7.14. The van der Waals surface area contributed by atoms with Crippen molar-refractivity contribution in [3.8, 4) is 0 Å². The summed E-state index contributed by atoms with van der Waals surface area (Å²) in [5, 5.41) is 16.1. The Balaban J connectivity index is 2.96. The van der Waals surface area contributed by atoms with E-state index >= 15 is 0 Å². The second-order valence-corrected chi connectivity index (χ2v) is 3.91. The van der Waals surface area contributed by atoms with E-state index in [-0.39, 0.29) is 16.7 Å². The third-order valence-electron chi connectivity index (χ3n) is 1.50. The summed E-state index contributed by atoms with van der Waals surface area (Å²) >= 11 is 1.03. The second kappa shape index (κ2) is 5.87. The maximum atomic E-state index is 10.9. The molecule has 2 N–H and O–H groups in total. The summed E-state index contributed by atoms with van der Waals surface area (Å²) in [6.45, 7) is 2.39. The lowest BCUT2D eigenvalue weighted by Gasteiger charge is -1.96. The van der Waals surface area contributed by atoms with Crippen LogP contribution in [0.2, 0.25) is 0 Å². The van der Waals surface area contributed by atoms with E-state index in [4.69, 9.17) is 5.11 Å². The van der Waals surface area contributed by atoms with Crippen molar-refractivity contribution in [2.24, 2.45) is 5.16 Å². The van der Waals surface area contributed by atoms with Crippen LogP contribution in [0.5, 0.6) is 0 Å². The lowest BCUT2D eigenvalue weighted by molar-refractivity contribution is -0.141. The molecule has 0 saturated heterocycles. The van der Waals surface area contributed by atoms with E-state index in [2.05, 4.69) is 20.3 Å². The number of nitrogens with one attached hydrogen (secondary N) is 1. The highest BCUT2D eigenvalue weighted by Crippen LogP contribution is 2.16. The lowest BCUT2D eigenvalue weighted by atomic mass is 10.3. The Morgan fingerprint density at radius 1 is 1.44 bits per heavy atom. The highest BCUT2D eigenvalue weighted by atomic mass is 32.1. The van der Waals surface area contributed by atoms with Crippen LogP contribution in [-0.4, -0.2) is 33.6 Å². The van der Waals surface area contributed by atoms with Gasteiger partial charge in [-0.3, -0.25) is 4.79 Å². The van der Waals surface area contributed by atoms with E-state index in [1.807, 2.05) is 0 Å². The van der Waals surface area contributed by atoms with Crippen molar-refractivity contribution < 1.29 is 24.3 Å². The van der Waals surface area contributed by atoms with Crippen molar-refractivity contribution in [1.29, 1.82) is 0 Å². The molecule has 0 aliphatic heterocycles. The van der Waals surface area contributed by atoms with Gasteiger partial charge in [-0.2, -0.15) is 0 Å². The van der Waals surface area contributed by atoms with Gasteiger partial charge in [-0.25, -0.2) is 14.6 Å². The Hall–Kier alpha value is -2.29. The van der Waals surface area contributed by atoms with Crippen LogP contribution in [0.1, 0.15) is 19.5 Å². The molecule has 0 unspecified atom stereocenters. The molecule has 18 heavy (non-hydrogen) atoms. The predicted octanol–water partition coefficient (Wildman–Crippen LogP) is 0.453. The van der Waals surface area contributed by atoms with E-state index in [1.54, 1.807) is 0 Å². The summed E-state index contributed by atoms with van der Waals surface area (Å²) in [4.78, 5) is 40.3. The molecule has 0 atom stereocenters. The summed E-state index contributed by atoms with van der Waals surface area (Å²) in [7, 11) is 0. The minimum Gasteiger partial charge on any atom is -0.476 e. The van der Waals surface area contributed by atoms with Gasteiger partial charge in [-0.15, -0.1) is 11.3 Å². The van der Waals surface area contributed by atoms with Crippen LogP contribution in [0.15, 0.2) is 10.5 Å². The predicted molar refractivity (Wildman–Crippen MR) is 62.4 cm³/mol. The summed E-state index contributed by atoms with van der Waals surface area (Å²) < 4.78 is 0. The van der Waals surface area contributed by atoms with Gasteiger partial charge in [0.05, 0.1) is 0 Å². The number of nitrogens with zero attached hydrogens (tertiary/aromatic N) is 2. The number of oxime groups is 1. The fraction of sp³-hybridized carbons (Fsp3) is 0.222. The van der Waals surface area contributed by atoms with Gasteiger partial charge in [0.25, 0.3) is 0 Å². The van der Waals surface area contributed by atoms with Crippen LogP contribution < -0.4 is 5.32 Å². The average molecular weight is 271 g/mol. The second-order valence-electron chi connectivity index (χ2n) is 3.05. The average Bonchev–Trinajstić information content (AvgIpc) is 2.64. The summed E-state index contributed by atoms with van der Waals surface area (Å²) in [6.07, 6.45) is 0. The molecule has 0 radical (unpaired) electrons. The number of rotatable bonds is 4. The molecule has 8 nitrogen and oxygen atoms in total. The maximum Gasteiger partial charge on any atom is 0.360 e. The number of hydrogen-bond acceptors (Lipinski definition) is 7. The molecule has 1 aromatic heterocycles. The molecule has 9 heteroatoms. The quantitative estimate of drug-likeness (QED) is 0.466. The first-order valence-corrected chi connectivity index (χ1v) is 5.50. The highest BCUT2D eigenvalue weighted by Gasteiger charge is 2.18. The summed E-state index contributed by atoms with van der Waals surface area (Å²) in [5.41, 5.74) is -0.518. The van der Waals surface area contributed by atoms with Crippen LogP contribution in [0.3, 0.4) is 0 Å². The molecule has 1 heterocycles. The largest absolute Gasteiger partial charge is 0.476 e. The molecule has 0 aliphatic rings. The Labute approximate surface area is 105 Å². The molecule has 0 saturated carbocycles. The third-order valence-corrected chi connectivity index (χ3v) is 2.26. The molecule has 0 fully saturated rings. The summed E-state index contributed by atoms with van der Waals surface area (Å²) in [5.74, 6) is -2.47. The van der Waals surface area contributed by atoms with Crippen molar-refractivity contribution in [2.75, 3.05) is 5.32 Å². The van der Waals surface area contributed by atoms with E-state index in [1.165, 1.54) is 12.3 Å².